The largest absolute Gasteiger partial charge is 0.395 e. The number of carbonyl (C=O) groups excluding carboxylic acids is 1. The van der Waals surface area contributed by atoms with Gasteiger partial charge in [-0.25, -0.2) is 9.78 Å². The van der Waals surface area contributed by atoms with Crippen LogP contribution in [0.5, 0.6) is 0 Å². The van der Waals surface area contributed by atoms with Crippen molar-refractivity contribution < 1.29 is 4.79 Å². The molecule has 15 heavy (non-hydrogen) atoms. The Bertz CT molecular complexity index is 512. The molecule has 5 heteroatoms. The van der Waals surface area contributed by atoms with Gasteiger partial charge in [0.1, 0.15) is 5.69 Å². The zero-order valence-electron chi connectivity index (χ0n) is 7.79. The second kappa shape index (κ2) is 3.77. The maximum atomic E-state index is 10.2. The molecule has 1 aromatic heterocycles. The minimum absolute atomic E-state index is 0.413. The number of rotatable bonds is 2. The van der Waals surface area contributed by atoms with E-state index in [1.54, 1.807) is 35.4 Å². The quantitative estimate of drug-likeness (QED) is 0.452. The first-order valence-electron chi connectivity index (χ1n) is 4.27. The Labute approximate surface area is 85.9 Å². The molecule has 0 fully saturated rings. The number of benzene rings is 1. The van der Waals surface area contributed by atoms with Crippen molar-refractivity contribution >= 4 is 17.5 Å². The van der Waals surface area contributed by atoms with Crippen molar-refractivity contribution in [2.75, 3.05) is 5.73 Å². The van der Waals surface area contributed by atoms with Crippen LogP contribution >= 0.6 is 0 Å². The Morgan fingerprint density at radius 2 is 2.33 bits per heavy atom. The first-order valence-corrected chi connectivity index (χ1v) is 4.27. The molecule has 2 N–H and O–H groups in total. The fraction of sp³-hybridized carbons (Fsp3) is 0. The summed E-state index contributed by atoms with van der Waals surface area (Å²) < 4.78 is 1.75. The third-order valence-corrected chi connectivity index (χ3v) is 2.01. The highest BCUT2D eigenvalue weighted by molar-refractivity contribution is 5.74. The predicted molar refractivity (Wildman–Crippen MR) is 55.8 cm³/mol. The fourth-order valence-electron chi connectivity index (χ4n) is 1.31. The molecule has 0 unspecified atom stereocenters. The number of nitrogen functional groups attached to an aromatic ring is 1. The van der Waals surface area contributed by atoms with Gasteiger partial charge in [0.15, 0.2) is 0 Å². The highest BCUT2D eigenvalue weighted by Crippen LogP contribution is 2.27. The Hall–Kier alpha value is -2.39. The Morgan fingerprint density at radius 1 is 1.47 bits per heavy atom. The van der Waals surface area contributed by atoms with Crippen molar-refractivity contribution in [3.05, 3.63) is 36.9 Å². The number of isocyanates is 1. The summed E-state index contributed by atoms with van der Waals surface area (Å²) in [6.45, 7) is 0. The third kappa shape index (κ3) is 1.63. The lowest BCUT2D eigenvalue weighted by molar-refractivity contribution is 0.565. The molecule has 0 amide bonds. The summed E-state index contributed by atoms with van der Waals surface area (Å²) in [7, 11) is 0. The average molecular weight is 200 g/mol. The standard InChI is InChI=1S/C10H8N4O/c11-10-8(13-7-15)2-1-3-9(10)14-5-4-12-6-14/h1-6H,11H2. The third-order valence-electron chi connectivity index (χ3n) is 2.01. The molecule has 0 atom stereocenters. The number of aromatic nitrogens is 2. The Morgan fingerprint density at radius 3 is 3.00 bits per heavy atom. The van der Waals surface area contributed by atoms with E-state index in [0.29, 0.717) is 11.4 Å². The number of imidazole rings is 1. The topological polar surface area (TPSA) is 73.3 Å². The molecule has 0 aliphatic carbocycles. The molecular formula is C10H8N4O. The summed E-state index contributed by atoms with van der Waals surface area (Å²) in [4.78, 5) is 17.6. The van der Waals surface area contributed by atoms with Crippen LogP contribution in [0.25, 0.3) is 5.69 Å². The number of anilines is 1. The Balaban J connectivity index is 2.59. The number of aliphatic imine (C=N–C) groups is 1. The van der Waals surface area contributed by atoms with Crippen LogP contribution in [-0.2, 0) is 4.79 Å². The van der Waals surface area contributed by atoms with Gasteiger partial charge in [0.2, 0.25) is 6.08 Å². The number of nitrogens with two attached hydrogens (primary N) is 1. The zero-order chi connectivity index (χ0) is 10.7. The van der Waals surface area contributed by atoms with Gasteiger partial charge < -0.3 is 10.3 Å². The normalized spacial score (nSPS) is 9.60. The second-order valence-corrected chi connectivity index (χ2v) is 2.88. The van der Waals surface area contributed by atoms with Gasteiger partial charge in [0.05, 0.1) is 17.7 Å². The highest BCUT2D eigenvalue weighted by atomic mass is 16.1. The smallest absolute Gasteiger partial charge is 0.240 e. The molecule has 0 aliphatic heterocycles. The minimum atomic E-state index is 0.413. The Kier molecular flexibility index (Phi) is 2.31. The summed E-state index contributed by atoms with van der Waals surface area (Å²) in [6.07, 6.45) is 6.50. The summed E-state index contributed by atoms with van der Waals surface area (Å²) in [5.74, 6) is 0. The maximum absolute atomic E-state index is 10.2. The van der Waals surface area contributed by atoms with Gasteiger partial charge in [-0.15, -0.1) is 0 Å². The van der Waals surface area contributed by atoms with Gasteiger partial charge >= 0.3 is 0 Å². The van der Waals surface area contributed by atoms with Gasteiger partial charge in [-0.1, -0.05) is 6.07 Å². The van der Waals surface area contributed by atoms with E-state index in [-0.39, 0.29) is 0 Å². The van der Waals surface area contributed by atoms with Gasteiger partial charge in [-0.3, -0.25) is 0 Å². The SMILES string of the molecule is Nc1c(N=C=O)cccc1-n1ccnc1. The van der Waals surface area contributed by atoms with Crippen molar-refractivity contribution in [1.82, 2.24) is 9.55 Å². The average Bonchev–Trinajstić information content (AvgIpc) is 2.74. The van der Waals surface area contributed by atoms with Gasteiger partial charge in [-0.05, 0) is 12.1 Å². The molecule has 0 radical (unpaired) electrons. The van der Waals surface area contributed by atoms with E-state index < -0.39 is 0 Å². The van der Waals surface area contributed by atoms with Gasteiger partial charge in [0, 0.05) is 12.4 Å². The molecular weight excluding hydrogens is 192 g/mol. The number of para-hydroxylation sites is 1. The summed E-state index contributed by atoms with van der Waals surface area (Å²) in [6, 6.07) is 5.24. The molecule has 0 spiro atoms. The number of hydrogen-bond donors (Lipinski definition) is 1. The lowest BCUT2D eigenvalue weighted by atomic mass is 10.2. The van der Waals surface area contributed by atoms with Crippen LogP contribution in [0.4, 0.5) is 11.4 Å². The van der Waals surface area contributed by atoms with Crippen molar-refractivity contribution in [3.63, 3.8) is 0 Å². The number of nitrogens with zero attached hydrogens (tertiary/aromatic N) is 3. The molecule has 1 aromatic carbocycles. The van der Waals surface area contributed by atoms with Gasteiger partial charge in [0.25, 0.3) is 0 Å². The fourth-order valence-corrected chi connectivity index (χ4v) is 1.31. The van der Waals surface area contributed by atoms with Crippen molar-refractivity contribution in [3.8, 4) is 5.69 Å². The highest BCUT2D eigenvalue weighted by Gasteiger charge is 2.04. The minimum Gasteiger partial charge on any atom is -0.395 e. The van der Waals surface area contributed by atoms with Crippen LogP contribution in [0.2, 0.25) is 0 Å². The summed E-state index contributed by atoms with van der Waals surface area (Å²) >= 11 is 0. The van der Waals surface area contributed by atoms with Crippen LogP contribution < -0.4 is 5.73 Å². The molecule has 1 heterocycles. The van der Waals surface area contributed by atoms with Crippen LogP contribution in [0.15, 0.2) is 41.9 Å². The van der Waals surface area contributed by atoms with Crippen molar-refractivity contribution in [2.45, 2.75) is 0 Å². The van der Waals surface area contributed by atoms with Crippen LogP contribution in [-0.4, -0.2) is 15.6 Å². The van der Waals surface area contributed by atoms with E-state index >= 15 is 0 Å². The second-order valence-electron chi connectivity index (χ2n) is 2.88. The lowest BCUT2D eigenvalue weighted by Crippen LogP contribution is -1.97. The van der Waals surface area contributed by atoms with Crippen molar-refractivity contribution in [2.24, 2.45) is 4.99 Å². The van der Waals surface area contributed by atoms with Crippen LogP contribution in [0.1, 0.15) is 0 Å². The maximum Gasteiger partial charge on any atom is 0.240 e. The molecule has 0 bridgehead atoms. The van der Waals surface area contributed by atoms with E-state index in [9.17, 15) is 4.79 Å². The molecule has 0 aliphatic rings. The van der Waals surface area contributed by atoms with E-state index in [1.165, 1.54) is 6.08 Å². The molecule has 74 valence electrons. The van der Waals surface area contributed by atoms with E-state index in [2.05, 4.69) is 9.98 Å². The van der Waals surface area contributed by atoms with Crippen LogP contribution in [0, 0.1) is 0 Å². The van der Waals surface area contributed by atoms with Crippen molar-refractivity contribution in [1.29, 1.82) is 0 Å². The lowest BCUT2D eigenvalue weighted by Gasteiger charge is -2.07. The summed E-state index contributed by atoms with van der Waals surface area (Å²) in [5, 5.41) is 0. The zero-order valence-corrected chi connectivity index (χ0v) is 7.79. The number of hydrogen-bond acceptors (Lipinski definition) is 4. The molecule has 2 rings (SSSR count). The monoisotopic (exact) mass is 200 g/mol. The van der Waals surface area contributed by atoms with Gasteiger partial charge in [-0.2, -0.15) is 4.99 Å². The van der Waals surface area contributed by atoms with E-state index in [4.69, 9.17) is 5.73 Å². The molecule has 0 saturated heterocycles. The molecule has 5 nitrogen and oxygen atoms in total. The van der Waals surface area contributed by atoms with Crippen LogP contribution in [0.3, 0.4) is 0 Å². The van der Waals surface area contributed by atoms with E-state index in [0.717, 1.165) is 5.69 Å². The summed E-state index contributed by atoms with van der Waals surface area (Å²) in [5.41, 5.74) is 7.42. The molecule has 0 saturated carbocycles. The molecule has 2 aromatic rings. The first-order chi connectivity index (χ1) is 7.33. The first kappa shape index (κ1) is 9.18. The van der Waals surface area contributed by atoms with E-state index in [1.807, 2.05) is 6.07 Å². The predicted octanol–water partition coefficient (Wildman–Crippen LogP) is 1.42.